The van der Waals surface area contributed by atoms with Crippen LogP contribution in [0.15, 0.2) is 18.2 Å². The van der Waals surface area contributed by atoms with Crippen molar-refractivity contribution in [1.82, 2.24) is 15.3 Å². The second kappa shape index (κ2) is 5.53. The number of aromatic nitrogens is 2. The van der Waals surface area contributed by atoms with Crippen LogP contribution in [-0.4, -0.2) is 22.5 Å². The molecule has 0 unspecified atom stereocenters. The molecule has 0 aliphatic heterocycles. The van der Waals surface area contributed by atoms with Gasteiger partial charge < -0.3 is 15.6 Å². The number of hydrogen-bond donors (Lipinski definition) is 3. The highest BCUT2D eigenvalue weighted by Gasteiger charge is 2.04. The lowest BCUT2D eigenvalue weighted by Gasteiger charge is -2.06. The number of carbonyl (C=O) groups is 1. The Hall–Kier alpha value is -2.04. The van der Waals surface area contributed by atoms with Crippen molar-refractivity contribution in [3.8, 4) is 0 Å². The summed E-state index contributed by atoms with van der Waals surface area (Å²) in [5.74, 6) is 0.956. The van der Waals surface area contributed by atoms with E-state index >= 15 is 0 Å². The molecule has 2 rings (SSSR count). The van der Waals surface area contributed by atoms with Gasteiger partial charge in [-0.25, -0.2) is 9.78 Å². The number of fused-ring (bicyclic) bond motifs is 1. The van der Waals surface area contributed by atoms with Gasteiger partial charge in [-0.15, -0.1) is 0 Å². The predicted molar refractivity (Wildman–Crippen MR) is 72.8 cm³/mol. The van der Waals surface area contributed by atoms with Gasteiger partial charge in [0.25, 0.3) is 0 Å². The summed E-state index contributed by atoms with van der Waals surface area (Å²) >= 11 is 0. The minimum absolute atomic E-state index is 0.175. The lowest BCUT2D eigenvalue weighted by Crippen LogP contribution is -2.29. The number of benzene rings is 1. The fourth-order valence-corrected chi connectivity index (χ4v) is 1.72. The van der Waals surface area contributed by atoms with Crippen LogP contribution in [0.4, 0.5) is 10.5 Å². The van der Waals surface area contributed by atoms with Gasteiger partial charge in [0, 0.05) is 18.7 Å². The van der Waals surface area contributed by atoms with E-state index in [0.717, 1.165) is 35.4 Å². The van der Waals surface area contributed by atoms with Crippen LogP contribution in [0, 0.1) is 0 Å². The van der Waals surface area contributed by atoms with Crippen LogP contribution in [0.3, 0.4) is 0 Å². The minimum Gasteiger partial charge on any atom is -0.342 e. The Labute approximate surface area is 106 Å². The molecule has 0 aliphatic rings. The number of aromatic amines is 1. The molecule has 5 nitrogen and oxygen atoms in total. The van der Waals surface area contributed by atoms with Crippen molar-refractivity contribution in [1.29, 1.82) is 0 Å². The summed E-state index contributed by atoms with van der Waals surface area (Å²) in [6, 6.07) is 5.48. The SMILES string of the molecule is CCCNC(=O)Nc1ccc2nc(CC)[nH]c2c1. The van der Waals surface area contributed by atoms with Crippen molar-refractivity contribution < 1.29 is 4.79 Å². The zero-order valence-electron chi connectivity index (χ0n) is 10.7. The monoisotopic (exact) mass is 246 g/mol. The average Bonchev–Trinajstić information content (AvgIpc) is 2.78. The van der Waals surface area contributed by atoms with Crippen LogP contribution in [-0.2, 0) is 6.42 Å². The van der Waals surface area contributed by atoms with Crippen molar-refractivity contribution in [2.45, 2.75) is 26.7 Å². The molecule has 0 fully saturated rings. The predicted octanol–water partition coefficient (Wildman–Crippen LogP) is 2.66. The Morgan fingerprint density at radius 2 is 2.22 bits per heavy atom. The topological polar surface area (TPSA) is 69.8 Å². The fraction of sp³-hybridized carbons (Fsp3) is 0.385. The third-order valence-electron chi connectivity index (χ3n) is 2.66. The first-order valence-corrected chi connectivity index (χ1v) is 6.26. The van der Waals surface area contributed by atoms with E-state index in [1.165, 1.54) is 0 Å². The summed E-state index contributed by atoms with van der Waals surface area (Å²) < 4.78 is 0. The van der Waals surface area contributed by atoms with Gasteiger partial charge in [0.1, 0.15) is 5.82 Å². The van der Waals surface area contributed by atoms with E-state index in [2.05, 4.69) is 27.5 Å². The molecule has 0 spiro atoms. The van der Waals surface area contributed by atoms with Gasteiger partial charge in [-0.2, -0.15) is 0 Å². The average molecular weight is 246 g/mol. The van der Waals surface area contributed by atoms with Crippen molar-refractivity contribution in [2.24, 2.45) is 0 Å². The largest absolute Gasteiger partial charge is 0.342 e. The van der Waals surface area contributed by atoms with E-state index in [0.29, 0.717) is 6.54 Å². The van der Waals surface area contributed by atoms with Crippen molar-refractivity contribution >= 4 is 22.8 Å². The first kappa shape index (κ1) is 12.4. The van der Waals surface area contributed by atoms with E-state index in [1.807, 2.05) is 25.1 Å². The highest BCUT2D eigenvalue weighted by Crippen LogP contribution is 2.17. The van der Waals surface area contributed by atoms with E-state index in [1.54, 1.807) is 0 Å². The van der Waals surface area contributed by atoms with Crippen LogP contribution in [0.5, 0.6) is 0 Å². The molecule has 1 aromatic carbocycles. The van der Waals surface area contributed by atoms with E-state index < -0.39 is 0 Å². The standard InChI is InChI=1S/C13H18N4O/c1-3-7-14-13(18)15-9-5-6-10-11(8-9)17-12(4-2)16-10/h5-6,8H,3-4,7H2,1-2H3,(H,16,17)(H2,14,15,18). The number of urea groups is 1. The normalized spacial score (nSPS) is 10.6. The van der Waals surface area contributed by atoms with Gasteiger partial charge in [0.2, 0.25) is 0 Å². The zero-order chi connectivity index (χ0) is 13.0. The van der Waals surface area contributed by atoms with Crippen LogP contribution in [0.25, 0.3) is 11.0 Å². The quantitative estimate of drug-likeness (QED) is 0.776. The molecule has 1 heterocycles. The molecule has 5 heteroatoms. The van der Waals surface area contributed by atoms with E-state index in [4.69, 9.17) is 0 Å². The molecule has 0 saturated carbocycles. The lowest BCUT2D eigenvalue weighted by atomic mass is 10.3. The van der Waals surface area contributed by atoms with Crippen LogP contribution < -0.4 is 10.6 Å². The smallest absolute Gasteiger partial charge is 0.319 e. The Balaban J connectivity index is 2.11. The molecular formula is C13H18N4O. The van der Waals surface area contributed by atoms with Gasteiger partial charge >= 0.3 is 6.03 Å². The maximum atomic E-state index is 11.5. The molecule has 18 heavy (non-hydrogen) atoms. The van der Waals surface area contributed by atoms with Gasteiger partial charge in [0.05, 0.1) is 11.0 Å². The Morgan fingerprint density at radius 1 is 1.39 bits per heavy atom. The van der Waals surface area contributed by atoms with E-state index in [9.17, 15) is 4.79 Å². The Morgan fingerprint density at radius 3 is 2.94 bits per heavy atom. The number of rotatable bonds is 4. The maximum Gasteiger partial charge on any atom is 0.319 e. The molecule has 0 atom stereocenters. The van der Waals surface area contributed by atoms with Crippen molar-refractivity contribution in [3.05, 3.63) is 24.0 Å². The number of hydrogen-bond acceptors (Lipinski definition) is 2. The third-order valence-corrected chi connectivity index (χ3v) is 2.66. The minimum atomic E-state index is -0.175. The fourth-order valence-electron chi connectivity index (χ4n) is 1.72. The highest BCUT2D eigenvalue weighted by molar-refractivity contribution is 5.91. The number of nitrogens with zero attached hydrogens (tertiary/aromatic N) is 1. The second-order valence-corrected chi connectivity index (χ2v) is 4.15. The molecular weight excluding hydrogens is 228 g/mol. The number of imidazole rings is 1. The van der Waals surface area contributed by atoms with Gasteiger partial charge in [-0.3, -0.25) is 0 Å². The summed E-state index contributed by atoms with van der Waals surface area (Å²) in [6.07, 6.45) is 1.79. The molecule has 0 bridgehead atoms. The molecule has 3 N–H and O–H groups in total. The number of amides is 2. The Kier molecular flexibility index (Phi) is 3.82. The first-order chi connectivity index (χ1) is 8.72. The van der Waals surface area contributed by atoms with Crippen molar-refractivity contribution in [3.63, 3.8) is 0 Å². The first-order valence-electron chi connectivity index (χ1n) is 6.26. The summed E-state index contributed by atoms with van der Waals surface area (Å²) in [5.41, 5.74) is 2.63. The van der Waals surface area contributed by atoms with Gasteiger partial charge in [-0.1, -0.05) is 13.8 Å². The van der Waals surface area contributed by atoms with E-state index in [-0.39, 0.29) is 6.03 Å². The number of aryl methyl sites for hydroxylation is 1. The summed E-state index contributed by atoms with van der Waals surface area (Å²) in [7, 11) is 0. The molecule has 2 aromatic rings. The summed E-state index contributed by atoms with van der Waals surface area (Å²) in [4.78, 5) is 19.2. The number of nitrogens with one attached hydrogen (secondary N) is 3. The lowest BCUT2D eigenvalue weighted by molar-refractivity contribution is 0.252. The molecule has 2 amide bonds. The summed E-state index contributed by atoms with van der Waals surface area (Å²) in [6.45, 7) is 4.75. The number of carbonyl (C=O) groups excluding carboxylic acids is 1. The van der Waals surface area contributed by atoms with Gasteiger partial charge in [0.15, 0.2) is 0 Å². The summed E-state index contributed by atoms with van der Waals surface area (Å²) in [5, 5.41) is 5.57. The van der Waals surface area contributed by atoms with Gasteiger partial charge in [-0.05, 0) is 24.6 Å². The molecule has 1 aromatic heterocycles. The molecule has 96 valence electrons. The maximum absolute atomic E-state index is 11.5. The zero-order valence-corrected chi connectivity index (χ0v) is 10.7. The molecule has 0 saturated heterocycles. The van der Waals surface area contributed by atoms with Crippen LogP contribution in [0.1, 0.15) is 26.1 Å². The molecule has 0 radical (unpaired) electrons. The van der Waals surface area contributed by atoms with Crippen LogP contribution >= 0.6 is 0 Å². The number of H-pyrrole nitrogens is 1. The molecule has 0 aliphatic carbocycles. The number of anilines is 1. The third kappa shape index (κ3) is 2.80. The van der Waals surface area contributed by atoms with Crippen molar-refractivity contribution in [2.75, 3.05) is 11.9 Å². The Bertz CT molecular complexity index is 547. The highest BCUT2D eigenvalue weighted by atomic mass is 16.2. The second-order valence-electron chi connectivity index (χ2n) is 4.15. The van der Waals surface area contributed by atoms with Crippen LogP contribution in [0.2, 0.25) is 0 Å².